The average Bonchev–Trinajstić information content (AvgIpc) is 2.64. The quantitative estimate of drug-likeness (QED) is 0.715. The van der Waals surface area contributed by atoms with E-state index in [1.54, 1.807) is 0 Å². The van der Waals surface area contributed by atoms with E-state index in [2.05, 4.69) is 0 Å². The Morgan fingerprint density at radius 2 is 1.88 bits per heavy atom. The van der Waals surface area contributed by atoms with Gasteiger partial charge in [-0.1, -0.05) is 12.8 Å². The number of carbonyl (C=O) groups is 1. The fourth-order valence-corrected chi connectivity index (χ4v) is 3.45. The van der Waals surface area contributed by atoms with Crippen LogP contribution in [0.25, 0.3) is 0 Å². The number of hydrogen-bond donors (Lipinski definition) is 0. The van der Waals surface area contributed by atoms with Crippen LogP contribution in [0.1, 0.15) is 52.9 Å². The molecular formula is C12H22O3S. The van der Waals surface area contributed by atoms with Crippen LogP contribution in [0.4, 0.5) is 0 Å². The van der Waals surface area contributed by atoms with Crippen molar-refractivity contribution in [2.75, 3.05) is 5.75 Å². The summed E-state index contributed by atoms with van der Waals surface area (Å²) in [5, 5.41) is 0.322. The largest absolute Gasteiger partial charge is 0.460 e. The van der Waals surface area contributed by atoms with Gasteiger partial charge in [0.25, 0.3) is 0 Å². The summed E-state index contributed by atoms with van der Waals surface area (Å²) >= 11 is 0. The molecule has 1 aliphatic carbocycles. The van der Waals surface area contributed by atoms with Gasteiger partial charge in [-0.25, -0.2) is 0 Å². The van der Waals surface area contributed by atoms with Gasteiger partial charge in [0.1, 0.15) is 5.60 Å². The van der Waals surface area contributed by atoms with Crippen molar-refractivity contribution < 1.29 is 13.7 Å². The molecule has 94 valence electrons. The average molecular weight is 246 g/mol. The number of carbonyl (C=O) groups excluding carboxylic acids is 1. The number of esters is 1. The molecule has 0 aromatic rings. The molecule has 1 saturated carbocycles. The van der Waals surface area contributed by atoms with E-state index in [0.29, 0.717) is 11.0 Å². The predicted molar refractivity (Wildman–Crippen MR) is 65.7 cm³/mol. The van der Waals surface area contributed by atoms with Crippen LogP contribution in [-0.2, 0) is 20.3 Å². The fourth-order valence-electron chi connectivity index (χ4n) is 1.89. The van der Waals surface area contributed by atoms with E-state index in [4.69, 9.17) is 4.74 Å². The van der Waals surface area contributed by atoms with Gasteiger partial charge in [0.15, 0.2) is 0 Å². The van der Waals surface area contributed by atoms with Crippen LogP contribution in [0.2, 0.25) is 0 Å². The molecular weight excluding hydrogens is 224 g/mol. The van der Waals surface area contributed by atoms with Gasteiger partial charge in [0, 0.05) is 21.8 Å². The minimum Gasteiger partial charge on any atom is -0.460 e. The van der Waals surface area contributed by atoms with Crippen LogP contribution >= 0.6 is 0 Å². The van der Waals surface area contributed by atoms with E-state index in [1.807, 2.05) is 20.8 Å². The zero-order chi connectivity index (χ0) is 12.2. The molecule has 4 heteroatoms. The molecule has 1 atom stereocenters. The lowest BCUT2D eigenvalue weighted by Gasteiger charge is -2.19. The second kappa shape index (κ2) is 5.80. The minimum absolute atomic E-state index is 0.237. The monoisotopic (exact) mass is 246 g/mol. The van der Waals surface area contributed by atoms with E-state index in [0.717, 1.165) is 12.8 Å². The zero-order valence-electron chi connectivity index (χ0n) is 10.5. The second-order valence-corrected chi connectivity index (χ2v) is 7.16. The van der Waals surface area contributed by atoms with Crippen LogP contribution in [0, 0.1) is 0 Å². The van der Waals surface area contributed by atoms with E-state index >= 15 is 0 Å². The maximum atomic E-state index is 11.8. The highest BCUT2D eigenvalue weighted by molar-refractivity contribution is 7.85. The first-order chi connectivity index (χ1) is 7.38. The highest BCUT2D eigenvalue weighted by Gasteiger charge is 2.23. The van der Waals surface area contributed by atoms with Crippen molar-refractivity contribution in [3.05, 3.63) is 0 Å². The first-order valence-electron chi connectivity index (χ1n) is 5.97. The predicted octanol–water partition coefficient (Wildman–Crippen LogP) is 2.41. The SMILES string of the molecule is CC(C)(C)OC(=O)CCS(=O)C1CCCC1. The molecule has 0 amide bonds. The van der Waals surface area contributed by atoms with Gasteiger partial charge < -0.3 is 4.74 Å². The Bertz CT molecular complexity index is 262. The topological polar surface area (TPSA) is 43.4 Å². The van der Waals surface area contributed by atoms with Crippen molar-refractivity contribution in [1.29, 1.82) is 0 Å². The zero-order valence-corrected chi connectivity index (χ0v) is 11.3. The highest BCUT2D eigenvalue weighted by Crippen LogP contribution is 2.23. The van der Waals surface area contributed by atoms with Gasteiger partial charge in [0.05, 0.1) is 6.42 Å². The third-order valence-corrected chi connectivity index (χ3v) is 4.42. The Hall–Kier alpha value is -0.380. The summed E-state index contributed by atoms with van der Waals surface area (Å²) in [5.74, 6) is 0.221. The Morgan fingerprint density at radius 3 is 2.38 bits per heavy atom. The molecule has 0 heterocycles. The van der Waals surface area contributed by atoms with Gasteiger partial charge in [-0.3, -0.25) is 9.00 Å². The van der Waals surface area contributed by atoms with Crippen molar-refractivity contribution in [3.63, 3.8) is 0 Å². The first-order valence-corrected chi connectivity index (χ1v) is 7.36. The molecule has 16 heavy (non-hydrogen) atoms. The van der Waals surface area contributed by atoms with E-state index < -0.39 is 16.4 Å². The molecule has 0 aliphatic heterocycles. The van der Waals surface area contributed by atoms with Gasteiger partial charge in [-0.2, -0.15) is 0 Å². The summed E-state index contributed by atoms with van der Waals surface area (Å²) in [4.78, 5) is 11.4. The molecule has 0 saturated heterocycles. The van der Waals surface area contributed by atoms with E-state index in [1.165, 1.54) is 12.8 Å². The van der Waals surface area contributed by atoms with Gasteiger partial charge in [-0.15, -0.1) is 0 Å². The highest BCUT2D eigenvalue weighted by atomic mass is 32.2. The molecule has 0 aromatic carbocycles. The minimum atomic E-state index is -0.845. The molecule has 3 nitrogen and oxygen atoms in total. The van der Waals surface area contributed by atoms with Crippen LogP contribution in [-0.4, -0.2) is 26.8 Å². The first kappa shape index (κ1) is 13.7. The van der Waals surface area contributed by atoms with Crippen molar-refractivity contribution in [2.45, 2.75) is 63.7 Å². The molecule has 0 N–H and O–H groups in total. The lowest BCUT2D eigenvalue weighted by atomic mass is 10.2. The third-order valence-electron chi connectivity index (χ3n) is 2.60. The summed E-state index contributed by atoms with van der Waals surface area (Å²) in [6.45, 7) is 5.54. The Balaban J connectivity index is 2.23. The Morgan fingerprint density at radius 1 is 1.31 bits per heavy atom. The Labute approximate surface area is 100 Å². The standard InChI is InChI=1S/C12H22O3S/c1-12(2,3)15-11(13)8-9-16(14)10-6-4-5-7-10/h10H,4-9H2,1-3H3. The van der Waals surface area contributed by atoms with Crippen LogP contribution in [0.15, 0.2) is 0 Å². The summed E-state index contributed by atoms with van der Waals surface area (Å²) in [7, 11) is -0.845. The van der Waals surface area contributed by atoms with Crippen LogP contribution in [0.5, 0.6) is 0 Å². The van der Waals surface area contributed by atoms with Crippen LogP contribution in [0.3, 0.4) is 0 Å². The van der Waals surface area contributed by atoms with E-state index in [-0.39, 0.29) is 12.4 Å². The molecule has 0 aromatic heterocycles. The van der Waals surface area contributed by atoms with Crippen molar-refractivity contribution in [3.8, 4) is 0 Å². The van der Waals surface area contributed by atoms with Crippen molar-refractivity contribution in [1.82, 2.24) is 0 Å². The van der Waals surface area contributed by atoms with Gasteiger partial charge in [0.2, 0.25) is 0 Å². The normalized spacial score (nSPS) is 19.7. The second-order valence-electron chi connectivity index (χ2n) is 5.33. The number of rotatable bonds is 4. The lowest BCUT2D eigenvalue weighted by Crippen LogP contribution is -2.25. The van der Waals surface area contributed by atoms with Gasteiger partial charge >= 0.3 is 5.97 Å². The summed E-state index contributed by atoms with van der Waals surface area (Å²) < 4.78 is 17.0. The van der Waals surface area contributed by atoms with E-state index in [9.17, 15) is 9.00 Å². The van der Waals surface area contributed by atoms with Crippen molar-refractivity contribution >= 4 is 16.8 Å². The Kier molecular flexibility index (Phi) is 4.96. The smallest absolute Gasteiger partial charge is 0.307 e. The third kappa shape index (κ3) is 5.10. The van der Waals surface area contributed by atoms with Crippen molar-refractivity contribution in [2.24, 2.45) is 0 Å². The number of ether oxygens (including phenoxy) is 1. The molecule has 0 radical (unpaired) electrons. The summed E-state index contributed by atoms with van der Waals surface area (Å²) in [6, 6.07) is 0. The lowest BCUT2D eigenvalue weighted by molar-refractivity contribution is -0.154. The maximum Gasteiger partial charge on any atom is 0.307 e. The number of hydrogen-bond acceptors (Lipinski definition) is 3. The molecule has 1 unspecified atom stereocenters. The molecule has 0 spiro atoms. The molecule has 1 fully saturated rings. The molecule has 0 bridgehead atoms. The summed E-state index contributed by atoms with van der Waals surface area (Å²) in [5.41, 5.74) is -0.439. The van der Waals surface area contributed by atoms with Crippen LogP contribution < -0.4 is 0 Å². The fraction of sp³-hybridized carbons (Fsp3) is 0.917. The van der Waals surface area contributed by atoms with Gasteiger partial charge in [-0.05, 0) is 33.6 Å². The molecule has 1 aliphatic rings. The summed E-state index contributed by atoms with van der Waals surface area (Å²) in [6.07, 6.45) is 4.76. The molecule has 1 rings (SSSR count). The maximum absolute atomic E-state index is 11.8.